The summed E-state index contributed by atoms with van der Waals surface area (Å²) < 4.78 is 31.5. The van der Waals surface area contributed by atoms with Crippen LogP contribution in [0, 0.1) is 0 Å². The first kappa shape index (κ1) is 23.4. The van der Waals surface area contributed by atoms with Crippen molar-refractivity contribution in [1.82, 2.24) is 0 Å². The summed E-state index contributed by atoms with van der Waals surface area (Å²) in [5.74, 6) is 0. The van der Waals surface area contributed by atoms with Crippen LogP contribution in [0.15, 0.2) is 30.3 Å². The molecule has 7 heteroatoms. The Morgan fingerprint density at radius 1 is 0.968 bits per heavy atom. The molecule has 0 aliphatic carbocycles. The molecule has 3 saturated heterocycles. The fourth-order valence-electron chi connectivity index (χ4n) is 4.24. The Kier molecular flexibility index (Phi) is 6.94. The van der Waals surface area contributed by atoms with E-state index >= 15 is 0 Å². The maximum absolute atomic E-state index is 9.42. The van der Waals surface area contributed by atoms with Crippen molar-refractivity contribution in [2.45, 2.75) is 101 Å². The topological polar surface area (TPSA) is 69.7 Å². The molecule has 3 heterocycles. The molecule has 3 aliphatic rings. The highest BCUT2D eigenvalue weighted by Gasteiger charge is 2.48. The Bertz CT molecular complexity index is 721. The molecular formula is C24H38O6Si. The molecule has 1 aromatic rings. The van der Waals surface area contributed by atoms with Crippen LogP contribution in [0.4, 0.5) is 0 Å². The second-order valence-corrected chi connectivity index (χ2v) is 15.3. The summed E-state index contributed by atoms with van der Waals surface area (Å²) in [5.41, 5.74) is 1.04. The second kappa shape index (κ2) is 9.21. The van der Waals surface area contributed by atoms with Gasteiger partial charge >= 0.3 is 0 Å². The van der Waals surface area contributed by atoms with E-state index in [2.05, 4.69) is 33.9 Å². The number of fused-ring (bicyclic) bond motifs is 1. The lowest BCUT2D eigenvalue weighted by Gasteiger charge is -2.41. The lowest BCUT2D eigenvalue weighted by atomic mass is 10.0. The van der Waals surface area contributed by atoms with Crippen molar-refractivity contribution in [3.63, 3.8) is 0 Å². The number of ether oxygens (including phenoxy) is 4. The third kappa shape index (κ3) is 5.41. The van der Waals surface area contributed by atoms with Gasteiger partial charge < -0.3 is 28.5 Å². The molecule has 4 rings (SSSR count). The average Bonchev–Trinajstić information content (AvgIpc) is 3.51. The van der Waals surface area contributed by atoms with Crippen LogP contribution in [0.5, 0.6) is 0 Å². The zero-order valence-corrected chi connectivity index (χ0v) is 20.5. The van der Waals surface area contributed by atoms with Crippen LogP contribution in [0.3, 0.4) is 0 Å². The lowest BCUT2D eigenvalue weighted by molar-refractivity contribution is -0.270. The van der Waals surface area contributed by atoms with Gasteiger partial charge in [-0.2, -0.15) is 0 Å². The standard InChI is InChI=1S/C24H38O6Si/c1-24(2,3)31(4,5)30-18-12-11-17-22(28-19(18)13-20-21(14-25)27-20)15-26-23(29-17)16-9-7-6-8-10-16/h6-10,17-23,25H,11-15H2,1-5H3/t17-,18+,19-,20+,21+,22+,23+/m0/s1. The third-order valence-electron chi connectivity index (χ3n) is 7.28. The zero-order chi connectivity index (χ0) is 22.2. The first-order chi connectivity index (χ1) is 14.7. The van der Waals surface area contributed by atoms with E-state index in [0.717, 1.165) is 24.8 Å². The molecule has 0 bridgehead atoms. The fraction of sp³-hybridized carbons (Fsp3) is 0.750. The van der Waals surface area contributed by atoms with E-state index in [0.29, 0.717) is 6.61 Å². The van der Waals surface area contributed by atoms with Crippen molar-refractivity contribution in [2.75, 3.05) is 13.2 Å². The number of aliphatic hydroxyl groups excluding tert-OH is 1. The van der Waals surface area contributed by atoms with Gasteiger partial charge in [-0.1, -0.05) is 51.1 Å². The van der Waals surface area contributed by atoms with Gasteiger partial charge in [0.25, 0.3) is 0 Å². The van der Waals surface area contributed by atoms with Crippen molar-refractivity contribution in [2.24, 2.45) is 0 Å². The molecule has 7 atom stereocenters. The monoisotopic (exact) mass is 450 g/mol. The molecule has 3 fully saturated rings. The SMILES string of the molecule is CC(C)(C)[Si](C)(C)O[C@@H]1CC[C@@H]2O[C@H](c3ccccc3)OC[C@H]2O[C@H]1C[C@H]1O[C@@H]1CO. The predicted molar refractivity (Wildman–Crippen MR) is 120 cm³/mol. The van der Waals surface area contributed by atoms with Gasteiger partial charge in [0, 0.05) is 12.0 Å². The van der Waals surface area contributed by atoms with Crippen LogP contribution >= 0.6 is 0 Å². The summed E-state index contributed by atoms with van der Waals surface area (Å²) >= 11 is 0. The smallest absolute Gasteiger partial charge is 0.192 e. The maximum atomic E-state index is 9.42. The number of epoxide rings is 1. The molecule has 0 saturated carbocycles. The van der Waals surface area contributed by atoms with Crippen molar-refractivity contribution < 1.29 is 28.5 Å². The Labute approximate surface area is 187 Å². The summed E-state index contributed by atoms with van der Waals surface area (Å²) in [6, 6.07) is 10.1. The lowest BCUT2D eigenvalue weighted by Crippen LogP contribution is -2.48. The van der Waals surface area contributed by atoms with E-state index in [1.165, 1.54) is 0 Å². The van der Waals surface area contributed by atoms with Crippen LogP contribution in [-0.2, 0) is 23.4 Å². The predicted octanol–water partition coefficient (Wildman–Crippen LogP) is 4.19. The molecule has 1 N–H and O–H groups in total. The van der Waals surface area contributed by atoms with E-state index in [1.54, 1.807) is 0 Å². The van der Waals surface area contributed by atoms with Crippen LogP contribution in [0.25, 0.3) is 0 Å². The van der Waals surface area contributed by atoms with E-state index in [4.69, 9.17) is 23.4 Å². The van der Waals surface area contributed by atoms with E-state index < -0.39 is 8.32 Å². The highest BCUT2D eigenvalue weighted by atomic mass is 28.4. The van der Waals surface area contributed by atoms with E-state index in [9.17, 15) is 5.11 Å². The molecule has 0 radical (unpaired) electrons. The Morgan fingerprint density at radius 3 is 2.35 bits per heavy atom. The number of rotatable bonds is 6. The summed E-state index contributed by atoms with van der Waals surface area (Å²) in [7, 11) is -1.97. The zero-order valence-electron chi connectivity index (χ0n) is 19.5. The minimum atomic E-state index is -1.97. The van der Waals surface area contributed by atoms with Crippen LogP contribution in [-0.4, -0.2) is 63.3 Å². The number of hydrogen-bond acceptors (Lipinski definition) is 6. The van der Waals surface area contributed by atoms with Gasteiger partial charge in [-0.3, -0.25) is 0 Å². The molecular weight excluding hydrogens is 412 g/mol. The Morgan fingerprint density at radius 2 is 1.71 bits per heavy atom. The molecule has 6 nitrogen and oxygen atoms in total. The number of benzene rings is 1. The van der Waals surface area contributed by atoms with Crippen molar-refractivity contribution in [1.29, 1.82) is 0 Å². The van der Waals surface area contributed by atoms with Gasteiger partial charge in [0.2, 0.25) is 0 Å². The molecule has 0 aromatic heterocycles. The van der Waals surface area contributed by atoms with Gasteiger partial charge in [-0.05, 0) is 31.0 Å². The second-order valence-electron chi connectivity index (χ2n) is 10.6. The Balaban J connectivity index is 1.48. The number of aliphatic hydroxyl groups is 1. The Hall–Kier alpha value is -0.803. The van der Waals surface area contributed by atoms with Crippen molar-refractivity contribution >= 4 is 8.32 Å². The fourth-order valence-corrected chi connectivity index (χ4v) is 5.62. The minimum Gasteiger partial charge on any atom is -0.411 e. The van der Waals surface area contributed by atoms with Gasteiger partial charge in [-0.25, -0.2) is 0 Å². The summed E-state index contributed by atoms with van der Waals surface area (Å²) in [5, 5.41) is 9.54. The van der Waals surface area contributed by atoms with Crippen molar-refractivity contribution in [3.05, 3.63) is 35.9 Å². The minimum absolute atomic E-state index is 0.00573. The first-order valence-corrected chi connectivity index (χ1v) is 14.5. The van der Waals surface area contributed by atoms with Gasteiger partial charge in [-0.15, -0.1) is 0 Å². The van der Waals surface area contributed by atoms with Gasteiger partial charge in [0.1, 0.15) is 12.2 Å². The summed E-state index contributed by atoms with van der Waals surface area (Å²) in [4.78, 5) is 0. The van der Waals surface area contributed by atoms with Crippen LogP contribution < -0.4 is 0 Å². The molecule has 0 unspecified atom stereocenters. The van der Waals surface area contributed by atoms with Crippen LogP contribution in [0.1, 0.15) is 51.9 Å². The van der Waals surface area contributed by atoms with Gasteiger partial charge in [0.05, 0.1) is 37.6 Å². The normalized spacial score (nSPS) is 36.5. The quantitative estimate of drug-likeness (QED) is 0.518. The highest BCUT2D eigenvalue weighted by Crippen LogP contribution is 2.42. The van der Waals surface area contributed by atoms with Crippen molar-refractivity contribution in [3.8, 4) is 0 Å². The molecule has 31 heavy (non-hydrogen) atoms. The summed E-state index contributed by atoms with van der Waals surface area (Å²) in [6.07, 6.45) is 1.87. The molecule has 174 valence electrons. The molecule has 1 aromatic carbocycles. The van der Waals surface area contributed by atoms with Gasteiger partial charge in [0.15, 0.2) is 14.6 Å². The molecule has 3 aliphatic heterocycles. The van der Waals surface area contributed by atoms with E-state index in [-0.39, 0.29) is 54.6 Å². The average molecular weight is 451 g/mol. The summed E-state index contributed by atoms with van der Waals surface area (Å²) in [6.45, 7) is 11.9. The highest BCUT2D eigenvalue weighted by molar-refractivity contribution is 6.74. The third-order valence-corrected chi connectivity index (χ3v) is 11.8. The first-order valence-electron chi connectivity index (χ1n) is 11.6. The molecule has 0 amide bonds. The van der Waals surface area contributed by atoms with Crippen LogP contribution in [0.2, 0.25) is 18.1 Å². The van der Waals surface area contributed by atoms with E-state index in [1.807, 2.05) is 30.3 Å². The number of hydrogen-bond donors (Lipinski definition) is 1. The molecule has 0 spiro atoms. The maximum Gasteiger partial charge on any atom is 0.192 e. The largest absolute Gasteiger partial charge is 0.411 e.